The Labute approximate surface area is 129 Å². The number of allylic oxidation sites excluding steroid dienone is 2. The van der Waals surface area contributed by atoms with Gasteiger partial charge in [-0.05, 0) is 43.4 Å². The van der Waals surface area contributed by atoms with Gasteiger partial charge in [-0.1, -0.05) is 29.8 Å². The van der Waals surface area contributed by atoms with Gasteiger partial charge in [0, 0.05) is 10.7 Å². The minimum Gasteiger partial charge on any atom is -0.456 e. The standard InChI is InChI=1S/C16H18ClNO3/c1-11-13(17)7-4-8-14(11)18-15(19)10-21-16(20)9-12-5-2-3-6-12/h2,4-5,7-8,12H,3,6,9-10H2,1H3,(H,18,19)/t12-/m1/s1. The smallest absolute Gasteiger partial charge is 0.306 e. The summed E-state index contributed by atoms with van der Waals surface area (Å²) in [5, 5.41) is 3.27. The Hall–Kier alpha value is -1.81. The molecule has 0 spiro atoms. The first-order valence-electron chi connectivity index (χ1n) is 6.93. The molecule has 0 saturated carbocycles. The highest BCUT2D eigenvalue weighted by Gasteiger charge is 2.16. The summed E-state index contributed by atoms with van der Waals surface area (Å²) in [6.45, 7) is 1.54. The van der Waals surface area contributed by atoms with Crippen LogP contribution in [0.25, 0.3) is 0 Å². The summed E-state index contributed by atoms with van der Waals surface area (Å²) in [7, 11) is 0. The van der Waals surface area contributed by atoms with E-state index in [1.54, 1.807) is 18.2 Å². The van der Waals surface area contributed by atoms with Crippen molar-refractivity contribution < 1.29 is 14.3 Å². The molecule has 1 aromatic rings. The van der Waals surface area contributed by atoms with Crippen LogP contribution in [0.1, 0.15) is 24.8 Å². The fourth-order valence-electron chi connectivity index (χ4n) is 2.21. The Morgan fingerprint density at radius 2 is 2.24 bits per heavy atom. The number of hydrogen-bond acceptors (Lipinski definition) is 3. The van der Waals surface area contributed by atoms with Crippen molar-refractivity contribution in [1.82, 2.24) is 0 Å². The Bertz CT molecular complexity index is 569. The third-order valence-electron chi connectivity index (χ3n) is 3.45. The van der Waals surface area contributed by atoms with E-state index in [4.69, 9.17) is 16.3 Å². The number of amides is 1. The molecule has 112 valence electrons. The van der Waals surface area contributed by atoms with Gasteiger partial charge in [-0.15, -0.1) is 0 Å². The van der Waals surface area contributed by atoms with Crippen molar-refractivity contribution in [2.24, 2.45) is 5.92 Å². The zero-order valence-electron chi connectivity index (χ0n) is 11.9. The molecule has 0 saturated heterocycles. The topological polar surface area (TPSA) is 55.4 Å². The van der Waals surface area contributed by atoms with Gasteiger partial charge in [0.25, 0.3) is 5.91 Å². The van der Waals surface area contributed by atoms with Crippen LogP contribution in [0.4, 0.5) is 5.69 Å². The maximum Gasteiger partial charge on any atom is 0.306 e. The third-order valence-corrected chi connectivity index (χ3v) is 3.86. The number of halogens is 1. The number of rotatable bonds is 5. The number of nitrogens with one attached hydrogen (secondary N) is 1. The molecule has 21 heavy (non-hydrogen) atoms. The molecule has 1 aromatic carbocycles. The van der Waals surface area contributed by atoms with Crippen molar-refractivity contribution in [3.63, 3.8) is 0 Å². The van der Waals surface area contributed by atoms with Crippen LogP contribution >= 0.6 is 11.6 Å². The van der Waals surface area contributed by atoms with Gasteiger partial charge >= 0.3 is 5.97 Å². The van der Waals surface area contributed by atoms with Gasteiger partial charge in [0.15, 0.2) is 6.61 Å². The largest absolute Gasteiger partial charge is 0.456 e. The van der Waals surface area contributed by atoms with E-state index in [1.807, 2.05) is 13.0 Å². The fourth-order valence-corrected chi connectivity index (χ4v) is 2.39. The van der Waals surface area contributed by atoms with E-state index in [0.717, 1.165) is 18.4 Å². The second-order valence-corrected chi connectivity index (χ2v) is 5.50. The lowest BCUT2D eigenvalue weighted by atomic mass is 10.1. The number of esters is 1. The average Bonchev–Trinajstić information content (AvgIpc) is 2.94. The number of anilines is 1. The van der Waals surface area contributed by atoms with Crippen molar-refractivity contribution in [1.29, 1.82) is 0 Å². The van der Waals surface area contributed by atoms with Crippen LogP contribution in [0.2, 0.25) is 5.02 Å². The molecular weight excluding hydrogens is 290 g/mol. The quantitative estimate of drug-likeness (QED) is 0.669. The van der Waals surface area contributed by atoms with Gasteiger partial charge in [0.1, 0.15) is 0 Å². The summed E-state index contributed by atoms with van der Waals surface area (Å²) in [4.78, 5) is 23.4. The van der Waals surface area contributed by atoms with E-state index < -0.39 is 0 Å². The van der Waals surface area contributed by atoms with Gasteiger partial charge < -0.3 is 10.1 Å². The molecule has 0 aromatic heterocycles. The molecule has 4 nitrogen and oxygen atoms in total. The molecule has 1 N–H and O–H groups in total. The van der Waals surface area contributed by atoms with E-state index in [1.165, 1.54) is 0 Å². The van der Waals surface area contributed by atoms with Crippen molar-refractivity contribution >= 4 is 29.2 Å². The molecule has 0 aliphatic heterocycles. The third kappa shape index (κ3) is 4.60. The molecule has 0 fully saturated rings. The van der Waals surface area contributed by atoms with Crippen LogP contribution in [0.15, 0.2) is 30.4 Å². The highest BCUT2D eigenvalue weighted by Crippen LogP contribution is 2.23. The molecule has 1 amide bonds. The van der Waals surface area contributed by atoms with Crippen molar-refractivity contribution in [2.45, 2.75) is 26.2 Å². The first-order chi connectivity index (χ1) is 10.1. The monoisotopic (exact) mass is 307 g/mol. The molecule has 0 unspecified atom stereocenters. The van der Waals surface area contributed by atoms with Gasteiger partial charge in [-0.2, -0.15) is 0 Å². The molecule has 2 rings (SSSR count). The average molecular weight is 308 g/mol. The predicted molar refractivity (Wildman–Crippen MR) is 82.3 cm³/mol. The molecule has 5 heteroatoms. The Morgan fingerprint density at radius 3 is 2.95 bits per heavy atom. The van der Waals surface area contributed by atoms with E-state index >= 15 is 0 Å². The Morgan fingerprint density at radius 1 is 1.43 bits per heavy atom. The highest BCUT2D eigenvalue weighted by atomic mass is 35.5. The van der Waals surface area contributed by atoms with E-state index in [-0.39, 0.29) is 24.4 Å². The zero-order valence-corrected chi connectivity index (χ0v) is 12.7. The van der Waals surface area contributed by atoms with Gasteiger partial charge in [-0.25, -0.2) is 0 Å². The number of hydrogen-bond donors (Lipinski definition) is 1. The van der Waals surface area contributed by atoms with E-state index in [2.05, 4.69) is 11.4 Å². The number of carbonyl (C=O) groups is 2. The maximum atomic E-state index is 11.8. The van der Waals surface area contributed by atoms with Crippen LogP contribution in [0.3, 0.4) is 0 Å². The summed E-state index contributed by atoms with van der Waals surface area (Å²) < 4.78 is 4.99. The highest BCUT2D eigenvalue weighted by molar-refractivity contribution is 6.31. The number of benzene rings is 1. The van der Waals surface area contributed by atoms with E-state index in [0.29, 0.717) is 17.1 Å². The lowest BCUT2D eigenvalue weighted by Gasteiger charge is -2.11. The summed E-state index contributed by atoms with van der Waals surface area (Å²) in [5.41, 5.74) is 1.41. The molecule has 0 bridgehead atoms. The van der Waals surface area contributed by atoms with Crippen LogP contribution in [-0.2, 0) is 14.3 Å². The van der Waals surface area contributed by atoms with Crippen molar-refractivity contribution in [3.05, 3.63) is 40.9 Å². The lowest BCUT2D eigenvalue weighted by molar-refractivity contribution is -0.147. The van der Waals surface area contributed by atoms with Crippen LogP contribution in [0.5, 0.6) is 0 Å². The fraction of sp³-hybridized carbons (Fsp3) is 0.375. The van der Waals surface area contributed by atoms with Crippen molar-refractivity contribution in [3.8, 4) is 0 Å². The molecule has 1 aliphatic rings. The lowest BCUT2D eigenvalue weighted by Crippen LogP contribution is -2.22. The summed E-state index contributed by atoms with van der Waals surface area (Å²) in [6, 6.07) is 5.26. The summed E-state index contributed by atoms with van der Waals surface area (Å²) in [5.74, 6) is -0.462. The SMILES string of the molecule is Cc1c(Cl)cccc1NC(=O)COC(=O)C[C@@H]1C=CCC1. The van der Waals surface area contributed by atoms with Crippen LogP contribution in [-0.4, -0.2) is 18.5 Å². The Kier molecular flexibility index (Phi) is 5.39. The number of carbonyl (C=O) groups excluding carboxylic acids is 2. The molecular formula is C16H18ClNO3. The van der Waals surface area contributed by atoms with Crippen molar-refractivity contribution in [2.75, 3.05) is 11.9 Å². The summed E-state index contributed by atoms with van der Waals surface area (Å²) in [6.07, 6.45) is 6.40. The van der Waals surface area contributed by atoms with Gasteiger partial charge in [0.2, 0.25) is 0 Å². The first-order valence-corrected chi connectivity index (χ1v) is 7.31. The van der Waals surface area contributed by atoms with Gasteiger partial charge in [0.05, 0.1) is 6.42 Å². The zero-order chi connectivity index (χ0) is 15.2. The number of ether oxygens (including phenoxy) is 1. The first kappa shape index (κ1) is 15.6. The molecule has 1 aliphatic carbocycles. The summed E-state index contributed by atoms with van der Waals surface area (Å²) >= 11 is 5.98. The maximum absolute atomic E-state index is 11.8. The van der Waals surface area contributed by atoms with Crippen LogP contribution in [0, 0.1) is 12.8 Å². The predicted octanol–water partition coefficient (Wildman–Crippen LogP) is 3.49. The minimum atomic E-state index is -0.365. The molecule has 0 heterocycles. The second kappa shape index (κ2) is 7.27. The second-order valence-electron chi connectivity index (χ2n) is 5.09. The van der Waals surface area contributed by atoms with Crippen LogP contribution < -0.4 is 5.32 Å². The minimum absolute atomic E-state index is 0.246. The van der Waals surface area contributed by atoms with E-state index in [9.17, 15) is 9.59 Å². The Balaban J connectivity index is 1.78. The van der Waals surface area contributed by atoms with Gasteiger partial charge in [-0.3, -0.25) is 9.59 Å². The molecule has 0 radical (unpaired) electrons. The normalized spacial score (nSPS) is 16.8. The molecule has 1 atom stereocenters.